The number of thiazole rings is 1. The molecule has 1 N–H and O–H groups in total. The maximum atomic E-state index is 6.19. The number of pyridine rings is 1. The third-order valence-electron chi connectivity index (χ3n) is 4.43. The van der Waals surface area contributed by atoms with E-state index in [0.717, 1.165) is 41.8 Å². The molecule has 1 fully saturated rings. The van der Waals surface area contributed by atoms with E-state index < -0.39 is 0 Å². The molecule has 4 rings (SSSR count). The molecule has 1 aromatic carbocycles. The second-order valence-corrected chi connectivity index (χ2v) is 7.66. The number of piperazine rings is 1. The number of nitrogens with zero attached hydrogens (tertiary/aromatic N) is 3. The van der Waals surface area contributed by atoms with Gasteiger partial charge in [0.2, 0.25) is 0 Å². The Morgan fingerprint density at radius 2 is 2.12 bits per heavy atom. The summed E-state index contributed by atoms with van der Waals surface area (Å²) in [6.45, 7) is 3.87. The minimum Gasteiger partial charge on any atom is -0.314 e. The van der Waals surface area contributed by atoms with Crippen LogP contribution in [0.3, 0.4) is 0 Å². The quantitative estimate of drug-likeness (QED) is 0.753. The van der Waals surface area contributed by atoms with E-state index in [1.165, 1.54) is 10.4 Å². The highest BCUT2D eigenvalue weighted by Crippen LogP contribution is 2.29. The fraction of sp³-hybridized carbons (Fsp3) is 0.263. The smallest absolute Gasteiger partial charge is 0.123 e. The predicted molar refractivity (Wildman–Crippen MR) is 103 cm³/mol. The third kappa shape index (κ3) is 3.90. The van der Waals surface area contributed by atoms with Gasteiger partial charge in [0.15, 0.2) is 0 Å². The van der Waals surface area contributed by atoms with E-state index in [9.17, 15) is 0 Å². The summed E-state index contributed by atoms with van der Waals surface area (Å²) >= 11 is 7.94. The second kappa shape index (κ2) is 7.62. The molecule has 1 aliphatic rings. The van der Waals surface area contributed by atoms with E-state index in [2.05, 4.69) is 32.3 Å². The Kier molecular flexibility index (Phi) is 5.08. The van der Waals surface area contributed by atoms with Gasteiger partial charge in [-0.3, -0.25) is 9.88 Å². The number of benzene rings is 1. The fourth-order valence-electron chi connectivity index (χ4n) is 3.19. The SMILES string of the molecule is Clc1cccc(C2CNCCN2Cc2cnc(-c3ccncc3)s2)c1. The van der Waals surface area contributed by atoms with Crippen LogP contribution in [0.2, 0.25) is 5.02 Å². The van der Waals surface area contributed by atoms with Crippen LogP contribution < -0.4 is 5.32 Å². The highest BCUT2D eigenvalue weighted by atomic mass is 35.5. The second-order valence-electron chi connectivity index (χ2n) is 6.11. The summed E-state index contributed by atoms with van der Waals surface area (Å²) in [4.78, 5) is 12.4. The number of nitrogens with one attached hydrogen (secondary N) is 1. The lowest BCUT2D eigenvalue weighted by molar-refractivity contribution is 0.155. The zero-order chi connectivity index (χ0) is 17.1. The molecule has 2 aromatic heterocycles. The first-order valence-corrected chi connectivity index (χ1v) is 9.54. The maximum Gasteiger partial charge on any atom is 0.123 e. The lowest BCUT2D eigenvalue weighted by atomic mass is 10.0. The Hall–Kier alpha value is -1.79. The van der Waals surface area contributed by atoms with E-state index in [0.29, 0.717) is 6.04 Å². The van der Waals surface area contributed by atoms with Crippen molar-refractivity contribution in [3.8, 4) is 10.6 Å². The van der Waals surface area contributed by atoms with Crippen LogP contribution in [0.15, 0.2) is 55.0 Å². The van der Waals surface area contributed by atoms with Gasteiger partial charge in [-0.2, -0.15) is 0 Å². The number of halogens is 1. The average Bonchev–Trinajstić information content (AvgIpc) is 3.11. The third-order valence-corrected chi connectivity index (χ3v) is 5.69. The minimum absolute atomic E-state index is 0.332. The van der Waals surface area contributed by atoms with E-state index in [-0.39, 0.29) is 0 Å². The van der Waals surface area contributed by atoms with Crippen LogP contribution in [0.4, 0.5) is 0 Å². The molecule has 1 aliphatic heterocycles. The van der Waals surface area contributed by atoms with Crippen molar-refractivity contribution < 1.29 is 0 Å². The average molecular weight is 371 g/mol. The van der Waals surface area contributed by atoms with Crippen LogP contribution >= 0.6 is 22.9 Å². The van der Waals surface area contributed by atoms with Crippen molar-refractivity contribution in [1.82, 2.24) is 20.2 Å². The topological polar surface area (TPSA) is 41.0 Å². The van der Waals surface area contributed by atoms with Crippen molar-refractivity contribution >= 4 is 22.9 Å². The molecule has 1 saturated heterocycles. The van der Waals surface area contributed by atoms with Crippen LogP contribution in [0, 0.1) is 0 Å². The fourth-order valence-corrected chi connectivity index (χ4v) is 4.33. The molecule has 0 amide bonds. The molecule has 0 aliphatic carbocycles. The normalized spacial score (nSPS) is 18.4. The van der Waals surface area contributed by atoms with Crippen LogP contribution in [0.25, 0.3) is 10.6 Å². The van der Waals surface area contributed by atoms with Crippen LogP contribution in [-0.2, 0) is 6.54 Å². The van der Waals surface area contributed by atoms with Gasteiger partial charge >= 0.3 is 0 Å². The highest BCUT2D eigenvalue weighted by molar-refractivity contribution is 7.15. The van der Waals surface area contributed by atoms with Crippen molar-refractivity contribution in [3.05, 3.63) is 70.5 Å². The molecule has 3 heterocycles. The van der Waals surface area contributed by atoms with E-state index >= 15 is 0 Å². The van der Waals surface area contributed by atoms with Gasteiger partial charge in [0, 0.05) is 66.3 Å². The summed E-state index contributed by atoms with van der Waals surface area (Å²) < 4.78 is 0. The number of aromatic nitrogens is 2. The molecular formula is C19H19ClN4S. The molecule has 6 heteroatoms. The molecule has 0 saturated carbocycles. The summed E-state index contributed by atoms with van der Waals surface area (Å²) in [7, 11) is 0. The van der Waals surface area contributed by atoms with Gasteiger partial charge in [0.25, 0.3) is 0 Å². The molecule has 3 aromatic rings. The van der Waals surface area contributed by atoms with Gasteiger partial charge in [0.1, 0.15) is 5.01 Å². The Morgan fingerprint density at radius 3 is 2.96 bits per heavy atom. The van der Waals surface area contributed by atoms with Crippen molar-refractivity contribution in [2.75, 3.05) is 19.6 Å². The Balaban J connectivity index is 1.53. The monoisotopic (exact) mass is 370 g/mol. The maximum absolute atomic E-state index is 6.19. The van der Waals surface area contributed by atoms with Gasteiger partial charge in [0.05, 0.1) is 0 Å². The molecule has 4 nitrogen and oxygen atoms in total. The zero-order valence-corrected chi connectivity index (χ0v) is 15.3. The first-order chi connectivity index (χ1) is 12.3. The largest absolute Gasteiger partial charge is 0.314 e. The van der Waals surface area contributed by atoms with Crippen molar-refractivity contribution in [1.29, 1.82) is 0 Å². The Bertz CT molecular complexity index is 836. The zero-order valence-electron chi connectivity index (χ0n) is 13.7. The molecule has 1 unspecified atom stereocenters. The van der Waals surface area contributed by atoms with Gasteiger partial charge < -0.3 is 5.32 Å². The van der Waals surface area contributed by atoms with Gasteiger partial charge in [-0.1, -0.05) is 23.7 Å². The van der Waals surface area contributed by atoms with E-state index in [1.54, 1.807) is 11.3 Å². The molecule has 0 bridgehead atoms. The van der Waals surface area contributed by atoms with E-state index in [4.69, 9.17) is 11.6 Å². The molecule has 0 radical (unpaired) electrons. The van der Waals surface area contributed by atoms with Crippen molar-refractivity contribution in [2.24, 2.45) is 0 Å². The summed E-state index contributed by atoms with van der Waals surface area (Å²) in [6, 6.07) is 12.5. The van der Waals surface area contributed by atoms with Gasteiger partial charge in [-0.25, -0.2) is 4.98 Å². The Labute approximate surface area is 156 Å². The number of rotatable bonds is 4. The van der Waals surface area contributed by atoms with Gasteiger partial charge in [-0.15, -0.1) is 11.3 Å². The predicted octanol–water partition coefficient (Wildman–Crippen LogP) is 4.01. The summed E-state index contributed by atoms with van der Waals surface area (Å²) in [6.07, 6.45) is 5.61. The lowest BCUT2D eigenvalue weighted by Gasteiger charge is -2.36. The molecular weight excluding hydrogens is 352 g/mol. The summed E-state index contributed by atoms with van der Waals surface area (Å²) in [5, 5.41) is 5.34. The lowest BCUT2D eigenvalue weighted by Crippen LogP contribution is -2.45. The number of hydrogen-bond acceptors (Lipinski definition) is 5. The minimum atomic E-state index is 0.332. The first-order valence-electron chi connectivity index (χ1n) is 8.35. The molecule has 1 atom stereocenters. The number of hydrogen-bond donors (Lipinski definition) is 1. The summed E-state index contributed by atoms with van der Waals surface area (Å²) in [5.74, 6) is 0. The van der Waals surface area contributed by atoms with Crippen LogP contribution in [0.1, 0.15) is 16.5 Å². The summed E-state index contributed by atoms with van der Waals surface area (Å²) in [5.41, 5.74) is 2.39. The Morgan fingerprint density at radius 1 is 1.24 bits per heavy atom. The molecule has 25 heavy (non-hydrogen) atoms. The first kappa shape index (κ1) is 16.7. The van der Waals surface area contributed by atoms with Crippen LogP contribution in [-0.4, -0.2) is 34.5 Å². The van der Waals surface area contributed by atoms with Crippen molar-refractivity contribution in [2.45, 2.75) is 12.6 Å². The van der Waals surface area contributed by atoms with E-state index in [1.807, 2.05) is 42.9 Å². The van der Waals surface area contributed by atoms with Crippen molar-refractivity contribution in [3.63, 3.8) is 0 Å². The standard InChI is InChI=1S/C19H19ClN4S/c20-16-3-1-2-15(10-16)18-12-22-8-9-24(18)13-17-11-23-19(25-17)14-4-6-21-7-5-14/h1-7,10-11,18,22H,8-9,12-13H2. The molecule has 0 spiro atoms. The molecule has 128 valence electrons. The highest BCUT2D eigenvalue weighted by Gasteiger charge is 2.24. The van der Waals surface area contributed by atoms with Crippen LogP contribution in [0.5, 0.6) is 0 Å². The van der Waals surface area contributed by atoms with Gasteiger partial charge in [-0.05, 0) is 29.8 Å².